The van der Waals surface area contributed by atoms with E-state index < -0.39 is 10.0 Å². The van der Waals surface area contributed by atoms with E-state index >= 15 is 0 Å². The van der Waals surface area contributed by atoms with Crippen LogP contribution in [0.25, 0.3) is 0 Å². The fourth-order valence-electron chi connectivity index (χ4n) is 2.45. The van der Waals surface area contributed by atoms with Crippen LogP contribution in [0, 0.1) is 12.8 Å². The second-order valence-electron chi connectivity index (χ2n) is 6.02. The van der Waals surface area contributed by atoms with E-state index in [1.165, 1.54) is 0 Å². The molecular formula is C16H26N2O2S. The Morgan fingerprint density at radius 1 is 1.33 bits per heavy atom. The second-order valence-corrected chi connectivity index (χ2v) is 7.71. The molecule has 0 amide bonds. The molecule has 1 aromatic rings. The number of rotatable bonds is 8. The summed E-state index contributed by atoms with van der Waals surface area (Å²) in [5.74, 6) is 0.509. The summed E-state index contributed by atoms with van der Waals surface area (Å²) in [5, 5.41) is 3.30. The molecule has 2 N–H and O–H groups in total. The number of aryl methyl sites for hydroxylation is 1. The van der Waals surface area contributed by atoms with Gasteiger partial charge in [-0.25, -0.2) is 13.1 Å². The van der Waals surface area contributed by atoms with E-state index in [2.05, 4.69) is 17.0 Å². The summed E-state index contributed by atoms with van der Waals surface area (Å²) in [6, 6.07) is 5.69. The lowest BCUT2D eigenvalue weighted by atomic mass is 10.1. The summed E-state index contributed by atoms with van der Waals surface area (Å²) in [5.41, 5.74) is 1.80. The van der Waals surface area contributed by atoms with E-state index in [1.54, 1.807) is 6.07 Å². The van der Waals surface area contributed by atoms with Gasteiger partial charge in [-0.15, -0.1) is 0 Å². The van der Waals surface area contributed by atoms with Crippen molar-refractivity contribution in [2.45, 2.75) is 57.5 Å². The summed E-state index contributed by atoms with van der Waals surface area (Å²) in [6.45, 7) is 7.56. The Kier molecular flexibility index (Phi) is 5.41. The van der Waals surface area contributed by atoms with E-state index in [0.29, 0.717) is 17.4 Å². The maximum atomic E-state index is 12.5. The minimum Gasteiger partial charge on any atom is -0.313 e. The van der Waals surface area contributed by atoms with Gasteiger partial charge in [0.25, 0.3) is 0 Å². The van der Waals surface area contributed by atoms with Crippen molar-refractivity contribution in [2.75, 3.05) is 6.54 Å². The standard InChI is InChI=1S/C16H26N2O2S/c1-4-9-17-11-14-6-5-12(2)16(10-14)21(19,20)18-13(3)15-7-8-15/h5-6,10,13,15,17-18H,4,7-9,11H2,1-3H3. The predicted molar refractivity (Wildman–Crippen MR) is 85.7 cm³/mol. The van der Waals surface area contributed by atoms with E-state index in [0.717, 1.165) is 36.9 Å². The third kappa shape index (κ3) is 4.53. The minimum absolute atomic E-state index is 0.0243. The van der Waals surface area contributed by atoms with Gasteiger partial charge in [-0.1, -0.05) is 19.1 Å². The van der Waals surface area contributed by atoms with Crippen LogP contribution in [0.5, 0.6) is 0 Å². The van der Waals surface area contributed by atoms with Crippen LogP contribution in [0.3, 0.4) is 0 Å². The van der Waals surface area contributed by atoms with Gasteiger partial charge in [0.15, 0.2) is 0 Å². The van der Waals surface area contributed by atoms with Crippen molar-refractivity contribution in [1.29, 1.82) is 0 Å². The molecule has 0 bridgehead atoms. The Morgan fingerprint density at radius 2 is 2.05 bits per heavy atom. The van der Waals surface area contributed by atoms with Crippen LogP contribution in [0.15, 0.2) is 23.1 Å². The number of sulfonamides is 1. The van der Waals surface area contributed by atoms with Gasteiger partial charge in [-0.3, -0.25) is 0 Å². The van der Waals surface area contributed by atoms with Crippen LogP contribution in [0.4, 0.5) is 0 Å². The summed E-state index contributed by atoms with van der Waals surface area (Å²) in [4.78, 5) is 0.408. The fraction of sp³-hybridized carbons (Fsp3) is 0.625. The molecule has 1 aliphatic rings. The molecule has 1 aromatic carbocycles. The van der Waals surface area contributed by atoms with E-state index in [9.17, 15) is 8.42 Å². The summed E-state index contributed by atoms with van der Waals surface area (Å²) < 4.78 is 27.9. The van der Waals surface area contributed by atoms with E-state index in [-0.39, 0.29) is 6.04 Å². The van der Waals surface area contributed by atoms with Crippen LogP contribution in [-0.2, 0) is 16.6 Å². The van der Waals surface area contributed by atoms with Crippen LogP contribution in [-0.4, -0.2) is 21.0 Å². The monoisotopic (exact) mass is 310 g/mol. The molecule has 1 unspecified atom stereocenters. The first-order valence-electron chi connectivity index (χ1n) is 7.76. The van der Waals surface area contributed by atoms with E-state index in [4.69, 9.17) is 0 Å². The molecule has 1 saturated carbocycles. The lowest BCUT2D eigenvalue weighted by Crippen LogP contribution is -2.34. The molecule has 0 spiro atoms. The van der Waals surface area contributed by atoms with Gasteiger partial charge in [0.1, 0.15) is 0 Å². The second kappa shape index (κ2) is 6.90. The Labute approximate surface area is 128 Å². The van der Waals surface area contributed by atoms with Gasteiger partial charge in [0.2, 0.25) is 10.0 Å². The predicted octanol–water partition coefficient (Wildman–Crippen LogP) is 2.57. The molecule has 118 valence electrons. The highest BCUT2D eigenvalue weighted by molar-refractivity contribution is 7.89. The van der Waals surface area contributed by atoms with Gasteiger partial charge in [0, 0.05) is 12.6 Å². The molecule has 0 radical (unpaired) electrons. The SMILES string of the molecule is CCCNCc1ccc(C)c(S(=O)(=O)NC(C)C2CC2)c1. The molecular weight excluding hydrogens is 284 g/mol. The summed E-state index contributed by atoms with van der Waals surface area (Å²) in [7, 11) is -3.43. The van der Waals surface area contributed by atoms with Gasteiger partial charge < -0.3 is 5.32 Å². The lowest BCUT2D eigenvalue weighted by Gasteiger charge is -2.16. The van der Waals surface area contributed by atoms with Crippen molar-refractivity contribution in [1.82, 2.24) is 10.0 Å². The van der Waals surface area contributed by atoms with Crippen molar-refractivity contribution in [2.24, 2.45) is 5.92 Å². The summed E-state index contributed by atoms with van der Waals surface area (Å²) >= 11 is 0. The van der Waals surface area contributed by atoms with Crippen molar-refractivity contribution in [3.63, 3.8) is 0 Å². The van der Waals surface area contributed by atoms with Crippen molar-refractivity contribution in [3.05, 3.63) is 29.3 Å². The number of benzene rings is 1. The molecule has 0 aromatic heterocycles. The normalized spacial score (nSPS) is 16.9. The molecule has 0 saturated heterocycles. The molecule has 1 aliphatic carbocycles. The Balaban J connectivity index is 2.14. The average Bonchev–Trinajstić information content (AvgIpc) is 3.24. The third-order valence-corrected chi connectivity index (χ3v) is 5.67. The minimum atomic E-state index is -3.43. The van der Waals surface area contributed by atoms with Crippen molar-refractivity contribution < 1.29 is 8.42 Å². The molecule has 2 rings (SSSR count). The van der Waals surface area contributed by atoms with Crippen LogP contribution >= 0.6 is 0 Å². The Hall–Kier alpha value is -0.910. The average molecular weight is 310 g/mol. The molecule has 21 heavy (non-hydrogen) atoms. The van der Waals surface area contributed by atoms with Crippen LogP contribution < -0.4 is 10.0 Å². The molecule has 1 atom stereocenters. The molecule has 0 aliphatic heterocycles. The van der Waals surface area contributed by atoms with Gasteiger partial charge >= 0.3 is 0 Å². The highest BCUT2D eigenvalue weighted by Gasteiger charge is 2.31. The molecule has 4 nitrogen and oxygen atoms in total. The smallest absolute Gasteiger partial charge is 0.241 e. The van der Waals surface area contributed by atoms with Crippen molar-refractivity contribution >= 4 is 10.0 Å². The van der Waals surface area contributed by atoms with Crippen LogP contribution in [0.1, 0.15) is 44.2 Å². The third-order valence-electron chi connectivity index (χ3n) is 3.97. The highest BCUT2D eigenvalue weighted by atomic mass is 32.2. The van der Waals surface area contributed by atoms with E-state index in [1.807, 2.05) is 26.0 Å². The summed E-state index contributed by atoms with van der Waals surface area (Å²) in [6.07, 6.45) is 3.32. The lowest BCUT2D eigenvalue weighted by molar-refractivity contribution is 0.537. The molecule has 1 fully saturated rings. The number of hydrogen-bond donors (Lipinski definition) is 2. The van der Waals surface area contributed by atoms with Gasteiger partial charge in [-0.05, 0) is 62.8 Å². The molecule has 5 heteroatoms. The van der Waals surface area contributed by atoms with Crippen molar-refractivity contribution in [3.8, 4) is 0 Å². The number of hydrogen-bond acceptors (Lipinski definition) is 3. The maximum absolute atomic E-state index is 12.5. The maximum Gasteiger partial charge on any atom is 0.241 e. The quantitative estimate of drug-likeness (QED) is 0.726. The first-order valence-corrected chi connectivity index (χ1v) is 9.25. The highest BCUT2D eigenvalue weighted by Crippen LogP contribution is 2.33. The van der Waals surface area contributed by atoms with Gasteiger partial charge in [0.05, 0.1) is 4.90 Å². The van der Waals surface area contributed by atoms with Crippen LogP contribution in [0.2, 0.25) is 0 Å². The zero-order valence-corrected chi connectivity index (χ0v) is 14.0. The largest absolute Gasteiger partial charge is 0.313 e. The first-order chi connectivity index (χ1) is 9.94. The fourth-order valence-corrected chi connectivity index (χ4v) is 4.06. The zero-order valence-electron chi connectivity index (χ0n) is 13.1. The Bertz CT molecular complexity index is 580. The zero-order chi connectivity index (χ0) is 15.5. The Morgan fingerprint density at radius 3 is 2.67 bits per heavy atom. The van der Waals surface area contributed by atoms with Gasteiger partial charge in [-0.2, -0.15) is 0 Å². The molecule has 0 heterocycles. The first kappa shape index (κ1) is 16.5. The number of nitrogens with one attached hydrogen (secondary N) is 2. The topological polar surface area (TPSA) is 58.2 Å².